The molecule has 0 aromatic heterocycles. The van der Waals surface area contributed by atoms with Crippen LogP contribution in [-0.4, -0.2) is 18.4 Å². The van der Waals surface area contributed by atoms with Gasteiger partial charge in [-0.05, 0) is 12.8 Å². The maximum absolute atomic E-state index is 11.1. The van der Waals surface area contributed by atoms with E-state index < -0.39 is 5.92 Å². The van der Waals surface area contributed by atoms with Crippen LogP contribution >= 0.6 is 0 Å². The minimum atomic E-state index is -0.509. The molecular weight excluding hydrogens is 156 g/mol. The molecule has 12 heavy (non-hydrogen) atoms. The van der Waals surface area contributed by atoms with Crippen LogP contribution in [0.4, 0.5) is 0 Å². The second-order valence-corrected chi connectivity index (χ2v) is 3.63. The molecule has 1 fully saturated rings. The summed E-state index contributed by atoms with van der Waals surface area (Å²) in [6.45, 7) is 5.86. The number of cyclic esters (lactones) is 1. The van der Waals surface area contributed by atoms with Crippen molar-refractivity contribution in [1.29, 1.82) is 0 Å². The van der Waals surface area contributed by atoms with Gasteiger partial charge in [0.25, 0.3) is 0 Å². The van der Waals surface area contributed by atoms with E-state index in [-0.39, 0.29) is 17.7 Å². The van der Waals surface area contributed by atoms with Crippen molar-refractivity contribution in [3.63, 3.8) is 0 Å². The van der Waals surface area contributed by atoms with E-state index in [0.717, 1.165) is 0 Å². The van der Waals surface area contributed by atoms with Crippen LogP contribution in [0, 0.1) is 17.8 Å². The number of ether oxygens (including phenoxy) is 1. The molecule has 1 aliphatic rings. The highest BCUT2D eigenvalue weighted by atomic mass is 16.5. The smallest absolute Gasteiger partial charge is 0.316 e. The van der Waals surface area contributed by atoms with Gasteiger partial charge in [0, 0.05) is 5.92 Å². The molecule has 0 aliphatic carbocycles. The van der Waals surface area contributed by atoms with Gasteiger partial charge in [-0.1, -0.05) is 13.8 Å². The number of hydrogen-bond donors (Lipinski definition) is 0. The maximum Gasteiger partial charge on any atom is 0.316 e. The number of ketones is 1. The van der Waals surface area contributed by atoms with Gasteiger partial charge in [-0.15, -0.1) is 0 Å². The first-order chi connectivity index (χ1) is 5.54. The van der Waals surface area contributed by atoms with Gasteiger partial charge < -0.3 is 4.74 Å². The number of hydrogen-bond acceptors (Lipinski definition) is 3. The van der Waals surface area contributed by atoms with Crippen molar-refractivity contribution in [1.82, 2.24) is 0 Å². The summed E-state index contributed by atoms with van der Waals surface area (Å²) in [5.74, 6) is -0.525. The Bertz CT molecular complexity index is 208. The van der Waals surface area contributed by atoms with Crippen LogP contribution in [0.5, 0.6) is 0 Å². The Balaban J connectivity index is 2.77. The lowest BCUT2D eigenvalue weighted by molar-refractivity contribution is -0.144. The predicted molar refractivity (Wildman–Crippen MR) is 43.5 cm³/mol. The SMILES string of the molecule is CC(=O)[C@@H]1C(=O)OC[C@H]1C(C)C. The summed E-state index contributed by atoms with van der Waals surface area (Å²) in [5, 5.41) is 0. The summed E-state index contributed by atoms with van der Waals surface area (Å²) in [7, 11) is 0. The average Bonchev–Trinajstić information content (AvgIpc) is 2.30. The van der Waals surface area contributed by atoms with Gasteiger partial charge in [0.1, 0.15) is 11.7 Å². The normalized spacial score (nSPS) is 29.2. The molecule has 3 heteroatoms. The zero-order valence-corrected chi connectivity index (χ0v) is 7.66. The molecule has 0 amide bonds. The Morgan fingerprint density at radius 2 is 2.17 bits per heavy atom. The summed E-state index contributed by atoms with van der Waals surface area (Å²) in [5.41, 5.74) is 0. The lowest BCUT2D eigenvalue weighted by atomic mass is 9.84. The molecule has 1 rings (SSSR count). The molecule has 0 aromatic carbocycles. The molecular formula is C9H14O3. The van der Waals surface area contributed by atoms with Gasteiger partial charge in [-0.2, -0.15) is 0 Å². The molecule has 1 aliphatic heterocycles. The largest absolute Gasteiger partial charge is 0.465 e. The third kappa shape index (κ3) is 1.49. The van der Waals surface area contributed by atoms with Crippen LogP contribution in [0.3, 0.4) is 0 Å². The molecule has 0 unspecified atom stereocenters. The van der Waals surface area contributed by atoms with Gasteiger partial charge in [0.2, 0.25) is 0 Å². The summed E-state index contributed by atoms with van der Waals surface area (Å²) >= 11 is 0. The second-order valence-electron chi connectivity index (χ2n) is 3.63. The van der Waals surface area contributed by atoms with Crippen LogP contribution in [0.15, 0.2) is 0 Å². The van der Waals surface area contributed by atoms with Gasteiger partial charge >= 0.3 is 5.97 Å². The van der Waals surface area contributed by atoms with E-state index in [0.29, 0.717) is 12.5 Å². The lowest BCUT2D eigenvalue weighted by Gasteiger charge is -2.15. The standard InChI is InChI=1S/C9H14O3/c1-5(2)7-4-12-9(11)8(7)6(3)10/h5,7-8H,4H2,1-3H3/t7-,8-/m0/s1. The fourth-order valence-corrected chi connectivity index (χ4v) is 1.58. The highest BCUT2D eigenvalue weighted by Crippen LogP contribution is 2.29. The Hall–Kier alpha value is -0.860. The van der Waals surface area contributed by atoms with Crippen LogP contribution in [0.1, 0.15) is 20.8 Å². The molecule has 0 bridgehead atoms. The van der Waals surface area contributed by atoms with Crippen molar-refractivity contribution in [2.45, 2.75) is 20.8 Å². The minimum Gasteiger partial charge on any atom is -0.465 e. The fraction of sp³-hybridized carbons (Fsp3) is 0.778. The monoisotopic (exact) mass is 170 g/mol. The van der Waals surface area contributed by atoms with E-state index in [1.54, 1.807) is 0 Å². The molecule has 68 valence electrons. The first-order valence-corrected chi connectivity index (χ1v) is 4.21. The van der Waals surface area contributed by atoms with Crippen molar-refractivity contribution in [3.05, 3.63) is 0 Å². The Kier molecular flexibility index (Phi) is 2.50. The Labute approximate surface area is 72.1 Å². The molecule has 0 saturated carbocycles. The molecule has 2 atom stereocenters. The summed E-state index contributed by atoms with van der Waals surface area (Å²) in [6.07, 6.45) is 0. The lowest BCUT2D eigenvalue weighted by Crippen LogP contribution is -2.26. The number of Topliss-reactive ketones (excluding diaryl/α,β-unsaturated/α-hetero) is 1. The van der Waals surface area contributed by atoms with Crippen LogP contribution in [0.25, 0.3) is 0 Å². The quantitative estimate of drug-likeness (QED) is 0.459. The number of carbonyl (C=O) groups is 2. The number of rotatable bonds is 2. The van der Waals surface area contributed by atoms with Crippen molar-refractivity contribution in [2.24, 2.45) is 17.8 Å². The topological polar surface area (TPSA) is 43.4 Å². The van der Waals surface area contributed by atoms with E-state index in [1.165, 1.54) is 6.92 Å². The van der Waals surface area contributed by atoms with Crippen molar-refractivity contribution in [3.8, 4) is 0 Å². The van der Waals surface area contributed by atoms with E-state index in [4.69, 9.17) is 4.74 Å². The zero-order chi connectivity index (χ0) is 9.30. The van der Waals surface area contributed by atoms with Gasteiger partial charge in [0.15, 0.2) is 0 Å². The van der Waals surface area contributed by atoms with Crippen LogP contribution in [-0.2, 0) is 14.3 Å². The summed E-state index contributed by atoms with van der Waals surface area (Å²) in [6, 6.07) is 0. The highest BCUT2D eigenvalue weighted by Gasteiger charge is 2.41. The van der Waals surface area contributed by atoms with E-state index in [2.05, 4.69) is 0 Å². The third-order valence-electron chi connectivity index (χ3n) is 2.39. The molecule has 0 spiro atoms. The first-order valence-electron chi connectivity index (χ1n) is 4.21. The highest BCUT2D eigenvalue weighted by molar-refractivity contribution is 5.99. The number of carbonyl (C=O) groups excluding carboxylic acids is 2. The molecule has 0 radical (unpaired) electrons. The molecule has 1 heterocycles. The van der Waals surface area contributed by atoms with E-state index in [9.17, 15) is 9.59 Å². The molecule has 3 nitrogen and oxygen atoms in total. The molecule has 1 saturated heterocycles. The van der Waals surface area contributed by atoms with E-state index >= 15 is 0 Å². The van der Waals surface area contributed by atoms with Crippen molar-refractivity contribution in [2.75, 3.05) is 6.61 Å². The fourth-order valence-electron chi connectivity index (χ4n) is 1.58. The average molecular weight is 170 g/mol. The van der Waals surface area contributed by atoms with Crippen LogP contribution < -0.4 is 0 Å². The van der Waals surface area contributed by atoms with Gasteiger partial charge in [0.05, 0.1) is 6.61 Å². The molecule has 0 N–H and O–H groups in total. The minimum absolute atomic E-state index is 0.0730. The summed E-state index contributed by atoms with van der Waals surface area (Å²) in [4.78, 5) is 22.2. The second kappa shape index (κ2) is 3.25. The Morgan fingerprint density at radius 1 is 1.58 bits per heavy atom. The predicted octanol–water partition coefficient (Wildman–Crippen LogP) is 1.02. The summed E-state index contributed by atoms with van der Waals surface area (Å²) < 4.78 is 4.84. The van der Waals surface area contributed by atoms with Crippen molar-refractivity contribution < 1.29 is 14.3 Å². The maximum atomic E-state index is 11.1. The zero-order valence-electron chi connectivity index (χ0n) is 7.66. The van der Waals surface area contributed by atoms with Crippen molar-refractivity contribution >= 4 is 11.8 Å². The third-order valence-corrected chi connectivity index (χ3v) is 2.39. The van der Waals surface area contributed by atoms with Gasteiger partial charge in [-0.3, -0.25) is 9.59 Å². The molecule has 0 aromatic rings. The Morgan fingerprint density at radius 3 is 2.50 bits per heavy atom. The van der Waals surface area contributed by atoms with E-state index in [1.807, 2.05) is 13.8 Å². The number of esters is 1. The first kappa shape index (κ1) is 9.23. The van der Waals surface area contributed by atoms with Crippen LogP contribution in [0.2, 0.25) is 0 Å². The van der Waals surface area contributed by atoms with Gasteiger partial charge in [-0.25, -0.2) is 0 Å².